The Balaban J connectivity index is 1.68. The molecule has 2 heterocycles. The summed E-state index contributed by atoms with van der Waals surface area (Å²) in [7, 11) is 1.48. The summed E-state index contributed by atoms with van der Waals surface area (Å²) < 4.78 is 41.8. The van der Waals surface area contributed by atoms with Gasteiger partial charge in [-0.05, 0) is 50.5 Å². The summed E-state index contributed by atoms with van der Waals surface area (Å²) in [5, 5.41) is 16.6. The Labute approximate surface area is 240 Å². The first-order chi connectivity index (χ1) is 20.0. The second-order valence-electron chi connectivity index (χ2n) is 10.6. The van der Waals surface area contributed by atoms with Gasteiger partial charge in [0.2, 0.25) is 0 Å². The maximum absolute atomic E-state index is 14.1. The van der Waals surface area contributed by atoms with Crippen molar-refractivity contribution in [1.82, 2.24) is 20.0 Å². The number of amides is 3. The zero-order chi connectivity index (χ0) is 30.3. The molecule has 0 radical (unpaired) electrons. The number of rotatable bonds is 7. The quantitative estimate of drug-likeness (QED) is 0.417. The zero-order valence-corrected chi connectivity index (χ0v) is 23.3. The molecule has 5 rings (SSSR count). The van der Waals surface area contributed by atoms with Gasteiger partial charge in [-0.15, -0.1) is 0 Å². The summed E-state index contributed by atoms with van der Waals surface area (Å²) in [6, 6.07) is 11.9. The number of benzene rings is 2. The molecule has 1 saturated carbocycles. The number of anilines is 1. The van der Waals surface area contributed by atoms with Gasteiger partial charge in [-0.2, -0.15) is 23.5 Å². The minimum absolute atomic E-state index is 0.0154. The van der Waals surface area contributed by atoms with Gasteiger partial charge in [0.25, 0.3) is 17.7 Å². The van der Waals surface area contributed by atoms with Crippen molar-refractivity contribution in [3.63, 3.8) is 0 Å². The Hall–Kier alpha value is -4.66. The van der Waals surface area contributed by atoms with Crippen molar-refractivity contribution in [1.29, 1.82) is 5.26 Å². The second kappa shape index (κ2) is 11.0. The molecular weight excluding hydrogens is 549 g/mol. The lowest BCUT2D eigenvalue weighted by atomic mass is 9.80. The van der Waals surface area contributed by atoms with E-state index >= 15 is 0 Å². The number of carbonyl (C=O) groups is 3. The molecule has 3 amide bonds. The highest BCUT2D eigenvalue weighted by Crippen LogP contribution is 2.47. The van der Waals surface area contributed by atoms with Crippen molar-refractivity contribution >= 4 is 23.5 Å². The van der Waals surface area contributed by atoms with Gasteiger partial charge in [0.05, 0.1) is 17.7 Å². The molecule has 1 aliphatic carbocycles. The van der Waals surface area contributed by atoms with Gasteiger partial charge in [0.15, 0.2) is 5.69 Å². The predicted molar refractivity (Wildman–Crippen MR) is 147 cm³/mol. The van der Waals surface area contributed by atoms with E-state index in [4.69, 9.17) is 0 Å². The molecule has 9 nitrogen and oxygen atoms in total. The molecule has 0 saturated heterocycles. The molecule has 0 bridgehead atoms. The number of aryl methyl sites for hydroxylation is 1. The summed E-state index contributed by atoms with van der Waals surface area (Å²) >= 11 is 0. The number of aromatic nitrogens is 2. The smallest absolute Gasteiger partial charge is 0.339 e. The minimum Gasteiger partial charge on any atom is -0.339 e. The number of nitriles is 1. The Morgan fingerprint density at radius 1 is 1.17 bits per heavy atom. The van der Waals surface area contributed by atoms with Gasteiger partial charge >= 0.3 is 6.18 Å². The molecule has 42 heavy (non-hydrogen) atoms. The molecule has 1 aromatic heterocycles. The normalized spacial score (nSPS) is 18.3. The Morgan fingerprint density at radius 3 is 2.45 bits per heavy atom. The average molecular weight is 579 g/mol. The third kappa shape index (κ3) is 5.22. The van der Waals surface area contributed by atoms with Crippen LogP contribution >= 0.6 is 0 Å². The lowest BCUT2D eigenvalue weighted by molar-refractivity contribution is -0.137. The van der Waals surface area contributed by atoms with Gasteiger partial charge in [0, 0.05) is 30.6 Å². The Kier molecular flexibility index (Phi) is 7.53. The maximum atomic E-state index is 14.1. The number of carbonyl (C=O) groups excluding carboxylic acids is 3. The summed E-state index contributed by atoms with van der Waals surface area (Å²) in [5.41, 5.74) is 0.803. The van der Waals surface area contributed by atoms with Crippen molar-refractivity contribution in [2.75, 3.05) is 25.0 Å². The van der Waals surface area contributed by atoms with Crippen LogP contribution in [0.25, 0.3) is 0 Å². The van der Waals surface area contributed by atoms with Crippen LogP contribution in [0.1, 0.15) is 74.8 Å². The first-order valence-electron chi connectivity index (χ1n) is 13.6. The number of halogens is 3. The van der Waals surface area contributed by atoms with E-state index in [0.29, 0.717) is 16.9 Å². The van der Waals surface area contributed by atoms with Crippen molar-refractivity contribution < 1.29 is 27.6 Å². The van der Waals surface area contributed by atoms with Gasteiger partial charge in [0.1, 0.15) is 18.4 Å². The molecule has 2 aliphatic rings. The number of hydrogen-bond acceptors (Lipinski definition) is 5. The topological polar surface area (TPSA) is 111 Å². The fourth-order valence-corrected chi connectivity index (χ4v) is 5.31. The number of nitrogens with zero attached hydrogens (tertiary/aromatic N) is 5. The Bertz CT molecular complexity index is 1590. The number of alkyl halides is 3. The molecule has 0 unspecified atom stereocenters. The molecule has 1 fully saturated rings. The maximum Gasteiger partial charge on any atom is 0.416 e. The fraction of sp³-hybridized carbons (Fsp3) is 0.367. The highest BCUT2D eigenvalue weighted by molar-refractivity contribution is 6.07. The van der Waals surface area contributed by atoms with Crippen LogP contribution in [0.3, 0.4) is 0 Å². The summed E-state index contributed by atoms with van der Waals surface area (Å²) in [6.07, 6.45) is -3.03. The van der Waals surface area contributed by atoms with Crippen LogP contribution in [-0.4, -0.2) is 58.6 Å². The molecule has 0 spiro atoms. The van der Waals surface area contributed by atoms with Crippen molar-refractivity contribution in [2.45, 2.75) is 50.9 Å². The predicted octanol–water partition coefficient (Wildman–Crippen LogP) is 4.44. The van der Waals surface area contributed by atoms with Gasteiger partial charge in [-0.25, -0.2) is 4.68 Å². The largest absolute Gasteiger partial charge is 0.416 e. The second-order valence-corrected chi connectivity index (χ2v) is 10.6. The molecule has 1 aliphatic heterocycles. The van der Waals surface area contributed by atoms with Gasteiger partial charge < -0.3 is 10.2 Å². The lowest BCUT2D eigenvalue weighted by Gasteiger charge is -2.38. The molecule has 218 valence electrons. The molecule has 2 aromatic carbocycles. The molecule has 12 heteroatoms. The monoisotopic (exact) mass is 578 g/mol. The highest BCUT2D eigenvalue weighted by atomic mass is 19.4. The van der Waals surface area contributed by atoms with Crippen LogP contribution in [0.4, 0.5) is 19.0 Å². The van der Waals surface area contributed by atoms with Crippen molar-refractivity contribution in [3.8, 4) is 6.07 Å². The van der Waals surface area contributed by atoms with Crippen LogP contribution in [0.5, 0.6) is 0 Å². The summed E-state index contributed by atoms with van der Waals surface area (Å²) in [6.45, 7) is 3.66. The van der Waals surface area contributed by atoms with E-state index in [1.807, 2.05) is 25.1 Å². The minimum atomic E-state index is -4.66. The number of hydrogen-bond donors (Lipinski definition) is 1. The van der Waals surface area contributed by atoms with E-state index in [9.17, 15) is 32.8 Å². The van der Waals surface area contributed by atoms with Crippen molar-refractivity contribution in [3.05, 3.63) is 82.0 Å². The van der Waals surface area contributed by atoms with Crippen LogP contribution in [0, 0.1) is 18.3 Å². The summed E-state index contributed by atoms with van der Waals surface area (Å²) in [5.74, 6) is -2.28. The molecular formula is C30H29F3N6O3. The molecule has 1 N–H and O–H groups in total. The fourth-order valence-electron chi connectivity index (χ4n) is 5.31. The van der Waals surface area contributed by atoms with E-state index in [1.54, 1.807) is 23.7 Å². The highest BCUT2D eigenvalue weighted by Gasteiger charge is 2.48. The van der Waals surface area contributed by atoms with Gasteiger partial charge in [-0.1, -0.05) is 35.9 Å². The third-order valence-corrected chi connectivity index (χ3v) is 7.59. The van der Waals surface area contributed by atoms with Crippen LogP contribution in [-0.2, 0) is 11.0 Å². The molecule has 3 aromatic rings. The van der Waals surface area contributed by atoms with E-state index < -0.39 is 41.4 Å². The van der Waals surface area contributed by atoms with Crippen LogP contribution < -0.4 is 10.2 Å². The number of nitrogens with one attached hydrogen (secondary N) is 1. The zero-order valence-electron chi connectivity index (χ0n) is 23.3. The van der Waals surface area contributed by atoms with E-state index in [-0.39, 0.29) is 30.4 Å². The number of fused-ring (bicyclic) bond motifs is 1. The standard InChI is InChI=1S/C30H29F3N6O3/c1-4-38-27-23(25(28(41)37(3)15-14-34)36-39(27)21-12-13-21)22(18-10-8-17(2)9-11-18)24(29(38)42)35-26(40)19-6-5-7-20(16-19)30(31,32)33/h5-11,16,21-22,24H,4,12-13,15H2,1-3H3,(H,35,40)/t22-,24-/m1/s1. The average Bonchev–Trinajstić information content (AvgIpc) is 3.74. The lowest BCUT2D eigenvalue weighted by Crippen LogP contribution is -2.55. The molecule has 2 atom stereocenters. The number of likely N-dealkylation sites (N-methyl/N-ethyl adjacent to an activating group) is 1. The van der Waals surface area contributed by atoms with Crippen LogP contribution in [0.15, 0.2) is 48.5 Å². The van der Waals surface area contributed by atoms with E-state index in [2.05, 4.69) is 10.4 Å². The van der Waals surface area contributed by atoms with E-state index in [0.717, 1.165) is 36.6 Å². The van der Waals surface area contributed by atoms with Crippen molar-refractivity contribution in [2.24, 2.45) is 0 Å². The SMILES string of the molecule is CCN1C(=O)[C@H](NC(=O)c2cccc(C(F)(F)F)c2)[C@H](c2ccc(C)cc2)c2c(C(=O)N(C)CC#N)nn(C3CC3)c21. The van der Waals surface area contributed by atoms with E-state index in [1.165, 1.54) is 22.9 Å². The van der Waals surface area contributed by atoms with Crippen LogP contribution in [0.2, 0.25) is 0 Å². The van der Waals surface area contributed by atoms with Gasteiger partial charge in [-0.3, -0.25) is 19.3 Å². The summed E-state index contributed by atoms with van der Waals surface area (Å²) in [4.78, 5) is 43.9. The first kappa shape index (κ1) is 28.9. The first-order valence-corrected chi connectivity index (χ1v) is 13.6. The third-order valence-electron chi connectivity index (χ3n) is 7.59. The Morgan fingerprint density at radius 2 is 1.86 bits per heavy atom.